The molecule has 0 aliphatic carbocycles. The number of nitrogens with zero attached hydrogens (tertiary/aromatic N) is 1. The molecule has 0 radical (unpaired) electrons. The molecule has 0 N–H and O–H groups in total. The maximum Gasteiger partial charge on any atom is 0.343 e. The largest absolute Gasteiger partial charge is 0.481 e. The van der Waals surface area contributed by atoms with E-state index in [0.29, 0.717) is 11.0 Å². The Bertz CT molecular complexity index is 1090. The number of rotatable bonds is 9. The number of aromatic nitrogens is 1. The molecule has 0 saturated heterocycles. The normalized spacial score (nSPS) is 11.0. The zero-order chi connectivity index (χ0) is 21.5. The third kappa shape index (κ3) is 5.12. The Labute approximate surface area is 186 Å². The monoisotopic (exact) mass is 431 g/mol. The maximum absolute atomic E-state index is 11.4. The molecule has 0 bridgehead atoms. The molecule has 1 aromatic heterocycles. The van der Waals surface area contributed by atoms with Crippen LogP contribution < -0.4 is 4.74 Å². The topological polar surface area (TPSA) is 40.5 Å². The molecule has 0 amide bonds. The molecule has 0 spiro atoms. The second-order valence-corrected chi connectivity index (χ2v) is 8.35. The summed E-state index contributed by atoms with van der Waals surface area (Å²) < 4.78 is 12.6. The minimum absolute atomic E-state index is 0.0908. The number of hydrogen-bond donors (Lipinski definition) is 0. The summed E-state index contributed by atoms with van der Waals surface area (Å²) in [6.07, 6.45) is 2.08. The molecule has 31 heavy (non-hydrogen) atoms. The zero-order valence-electron chi connectivity index (χ0n) is 17.4. The van der Waals surface area contributed by atoms with Crippen LogP contribution in [0, 0.1) is 0 Å². The molecule has 4 nitrogen and oxygen atoms in total. The summed E-state index contributed by atoms with van der Waals surface area (Å²) in [5, 5.41) is 1.29. The Balaban J connectivity index is 1.47. The second kappa shape index (κ2) is 10.2. The van der Waals surface area contributed by atoms with Gasteiger partial charge in [-0.15, -0.1) is 11.8 Å². The van der Waals surface area contributed by atoms with Gasteiger partial charge in [0.15, 0.2) is 6.61 Å². The summed E-state index contributed by atoms with van der Waals surface area (Å²) >= 11 is 1.94. The lowest BCUT2D eigenvalue weighted by Crippen LogP contribution is -2.12. The molecule has 0 saturated carbocycles. The van der Waals surface area contributed by atoms with Gasteiger partial charge >= 0.3 is 5.97 Å². The molecule has 158 valence electrons. The summed E-state index contributed by atoms with van der Waals surface area (Å²) in [6.45, 7) is 0.789. The Morgan fingerprint density at radius 3 is 2.23 bits per heavy atom. The molecule has 1 heterocycles. The first kappa shape index (κ1) is 21.1. The highest BCUT2D eigenvalue weighted by atomic mass is 32.2. The molecule has 4 rings (SSSR count). The van der Waals surface area contributed by atoms with Crippen molar-refractivity contribution in [2.24, 2.45) is 0 Å². The second-order valence-electron chi connectivity index (χ2n) is 7.14. The van der Waals surface area contributed by atoms with Gasteiger partial charge in [0, 0.05) is 23.9 Å². The Hall–Kier alpha value is -3.18. The van der Waals surface area contributed by atoms with Gasteiger partial charge in [0.2, 0.25) is 0 Å². The average molecular weight is 432 g/mol. The van der Waals surface area contributed by atoms with Crippen LogP contribution in [-0.4, -0.2) is 30.0 Å². The number of carbonyl (C=O) groups is 1. The Morgan fingerprint density at radius 1 is 0.903 bits per heavy atom. The number of esters is 1. The van der Waals surface area contributed by atoms with E-state index in [9.17, 15) is 4.79 Å². The van der Waals surface area contributed by atoms with Crippen molar-refractivity contribution >= 4 is 28.6 Å². The molecular weight excluding hydrogens is 406 g/mol. The molecular formula is C26H25NO3S. The summed E-state index contributed by atoms with van der Waals surface area (Å²) in [7, 11) is 1.36. The predicted octanol–water partition coefficient (Wildman–Crippen LogP) is 5.72. The summed E-state index contributed by atoms with van der Waals surface area (Å²) in [6, 6.07) is 29.2. The average Bonchev–Trinajstić information content (AvgIpc) is 3.25. The van der Waals surface area contributed by atoms with Crippen molar-refractivity contribution in [3.05, 3.63) is 102 Å². The number of carbonyl (C=O) groups excluding carboxylic acids is 1. The molecule has 0 atom stereocenters. The van der Waals surface area contributed by atoms with Crippen molar-refractivity contribution in [2.75, 3.05) is 19.5 Å². The van der Waals surface area contributed by atoms with Gasteiger partial charge in [0.1, 0.15) is 5.75 Å². The molecule has 5 heteroatoms. The Kier molecular flexibility index (Phi) is 6.95. The minimum atomic E-state index is -0.388. The summed E-state index contributed by atoms with van der Waals surface area (Å²) in [5.74, 6) is 1.27. The number of fused-ring (bicyclic) bond motifs is 1. The summed E-state index contributed by atoms with van der Waals surface area (Å²) in [4.78, 5) is 11.4. The molecule has 0 unspecified atom stereocenters. The van der Waals surface area contributed by atoms with Crippen LogP contribution in [0.5, 0.6) is 5.75 Å². The minimum Gasteiger partial charge on any atom is -0.481 e. The lowest BCUT2D eigenvalue weighted by Gasteiger charge is -2.18. The molecule has 3 aromatic carbocycles. The van der Waals surface area contributed by atoms with Crippen LogP contribution in [0.1, 0.15) is 16.4 Å². The highest BCUT2D eigenvalue weighted by Gasteiger charge is 2.15. The maximum atomic E-state index is 11.4. The standard InChI is InChI=1S/C26H25NO3S/c1-29-25(28)19-30-24-14-8-13-23-22(24)15-16-27(23)17-18-31-26(20-9-4-2-5-10-20)21-11-6-3-7-12-21/h2-16,26H,17-19H2,1H3. The number of thioether (sulfide) groups is 1. The van der Waals surface area contributed by atoms with Crippen LogP contribution in [0.4, 0.5) is 0 Å². The first-order valence-electron chi connectivity index (χ1n) is 10.3. The fraction of sp³-hybridized carbons (Fsp3) is 0.192. The quantitative estimate of drug-likeness (QED) is 0.318. The smallest absolute Gasteiger partial charge is 0.343 e. The number of hydrogen-bond acceptors (Lipinski definition) is 4. The number of methoxy groups -OCH3 is 1. The molecule has 0 aliphatic heterocycles. The Morgan fingerprint density at radius 2 is 1.58 bits per heavy atom. The van der Waals surface area contributed by atoms with E-state index in [1.165, 1.54) is 18.2 Å². The van der Waals surface area contributed by atoms with Crippen LogP contribution in [0.2, 0.25) is 0 Å². The predicted molar refractivity (Wildman–Crippen MR) is 127 cm³/mol. The van der Waals surface area contributed by atoms with E-state index in [4.69, 9.17) is 4.74 Å². The van der Waals surface area contributed by atoms with E-state index in [1.54, 1.807) is 0 Å². The third-order valence-corrected chi connectivity index (χ3v) is 6.46. The SMILES string of the molecule is COC(=O)COc1cccc2c1ccn2CCSC(c1ccccc1)c1ccccc1. The van der Waals surface area contributed by atoms with Crippen molar-refractivity contribution in [3.8, 4) is 5.75 Å². The van der Waals surface area contributed by atoms with E-state index in [2.05, 4.69) is 82.2 Å². The van der Waals surface area contributed by atoms with Crippen molar-refractivity contribution in [3.63, 3.8) is 0 Å². The highest BCUT2D eigenvalue weighted by Crippen LogP contribution is 2.36. The van der Waals surface area contributed by atoms with Crippen molar-refractivity contribution in [1.29, 1.82) is 0 Å². The van der Waals surface area contributed by atoms with Crippen LogP contribution in [-0.2, 0) is 16.1 Å². The van der Waals surface area contributed by atoms with Gasteiger partial charge in [-0.3, -0.25) is 0 Å². The van der Waals surface area contributed by atoms with Gasteiger partial charge in [-0.25, -0.2) is 4.79 Å². The molecule has 4 aromatic rings. The summed E-state index contributed by atoms with van der Waals surface area (Å²) in [5.41, 5.74) is 3.73. The molecule has 0 fully saturated rings. The van der Waals surface area contributed by atoms with Crippen molar-refractivity contribution in [2.45, 2.75) is 11.8 Å². The number of aryl methyl sites for hydroxylation is 1. The fourth-order valence-electron chi connectivity index (χ4n) is 3.62. The van der Waals surface area contributed by atoms with Gasteiger partial charge in [-0.05, 0) is 29.3 Å². The van der Waals surface area contributed by atoms with Gasteiger partial charge in [-0.2, -0.15) is 0 Å². The van der Waals surface area contributed by atoms with Crippen molar-refractivity contribution < 1.29 is 14.3 Å². The van der Waals surface area contributed by atoms with Crippen LogP contribution in [0.15, 0.2) is 91.1 Å². The zero-order valence-corrected chi connectivity index (χ0v) is 18.3. The van der Waals surface area contributed by atoms with Crippen molar-refractivity contribution in [1.82, 2.24) is 4.57 Å². The first-order valence-corrected chi connectivity index (χ1v) is 11.3. The van der Waals surface area contributed by atoms with Gasteiger partial charge in [0.05, 0.1) is 17.9 Å². The van der Waals surface area contributed by atoms with E-state index in [1.807, 2.05) is 30.0 Å². The first-order chi connectivity index (χ1) is 15.3. The van der Waals surface area contributed by atoms with Gasteiger partial charge in [-0.1, -0.05) is 66.7 Å². The third-order valence-electron chi connectivity index (χ3n) is 5.17. The lowest BCUT2D eigenvalue weighted by molar-refractivity contribution is -0.142. The number of ether oxygens (including phenoxy) is 2. The fourth-order valence-corrected chi connectivity index (χ4v) is 4.86. The van der Waals surface area contributed by atoms with E-state index in [-0.39, 0.29) is 12.6 Å². The molecule has 0 aliphatic rings. The van der Waals surface area contributed by atoms with Crippen LogP contribution in [0.3, 0.4) is 0 Å². The van der Waals surface area contributed by atoms with Gasteiger partial charge < -0.3 is 14.0 Å². The van der Waals surface area contributed by atoms with E-state index < -0.39 is 0 Å². The lowest BCUT2D eigenvalue weighted by atomic mass is 10.0. The van der Waals surface area contributed by atoms with Crippen LogP contribution >= 0.6 is 11.8 Å². The van der Waals surface area contributed by atoms with Gasteiger partial charge in [0.25, 0.3) is 0 Å². The van der Waals surface area contributed by atoms with Crippen LogP contribution in [0.25, 0.3) is 10.9 Å². The number of benzene rings is 3. The van der Waals surface area contributed by atoms with E-state index in [0.717, 1.165) is 23.2 Å². The van der Waals surface area contributed by atoms with E-state index >= 15 is 0 Å². The highest BCUT2D eigenvalue weighted by molar-refractivity contribution is 7.99.